The Morgan fingerprint density at radius 3 is 2.26 bits per heavy atom. The van der Waals surface area contributed by atoms with Gasteiger partial charge in [0.15, 0.2) is 0 Å². The first-order valence-corrected chi connectivity index (χ1v) is 8.32. The molecule has 1 aliphatic rings. The summed E-state index contributed by atoms with van der Waals surface area (Å²) in [4.78, 5) is 13.8. The van der Waals surface area contributed by atoms with Crippen LogP contribution in [0.15, 0.2) is 41.8 Å². The number of hydrogen-bond acceptors (Lipinski definition) is 2. The summed E-state index contributed by atoms with van der Waals surface area (Å²) in [5, 5.41) is 4.74. The minimum Gasteiger partial charge on any atom is -0.325 e. The number of benzene rings is 1. The summed E-state index contributed by atoms with van der Waals surface area (Å²) >= 11 is 1.55. The molecule has 0 aliphatic heterocycles. The van der Waals surface area contributed by atoms with E-state index in [1.54, 1.807) is 11.3 Å². The molecule has 2 nitrogen and oxygen atoms in total. The number of halogens is 3. The zero-order valence-electron chi connectivity index (χ0n) is 12.3. The summed E-state index contributed by atoms with van der Waals surface area (Å²) in [7, 11) is 0. The van der Waals surface area contributed by atoms with Crippen molar-refractivity contribution in [1.82, 2.24) is 0 Å². The molecule has 0 saturated heterocycles. The van der Waals surface area contributed by atoms with Crippen molar-refractivity contribution in [1.29, 1.82) is 0 Å². The van der Waals surface area contributed by atoms with Crippen LogP contribution in [0.3, 0.4) is 0 Å². The van der Waals surface area contributed by atoms with Gasteiger partial charge >= 0.3 is 6.18 Å². The highest BCUT2D eigenvalue weighted by Gasteiger charge is 2.43. The van der Waals surface area contributed by atoms with Crippen LogP contribution in [0.25, 0.3) is 0 Å². The van der Waals surface area contributed by atoms with Crippen LogP contribution in [-0.4, -0.2) is 5.91 Å². The van der Waals surface area contributed by atoms with E-state index in [0.717, 1.165) is 42.7 Å². The first-order valence-electron chi connectivity index (χ1n) is 7.44. The molecule has 23 heavy (non-hydrogen) atoms. The SMILES string of the molecule is O=C(Nc1ccc(C(F)(F)F)cc1)C1(c2cccs2)CCCC1. The Morgan fingerprint density at radius 1 is 1.09 bits per heavy atom. The van der Waals surface area contributed by atoms with Crippen LogP contribution in [0.1, 0.15) is 36.1 Å². The minimum absolute atomic E-state index is 0.128. The predicted molar refractivity (Wildman–Crippen MR) is 84.5 cm³/mol. The Morgan fingerprint density at radius 2 is 1.74 bits per heavy atom. The van der Waals surface area contributed by atoms with E-state index in [1.807, 2.05) is 17.5 Å². The first-order chi connectivity index (χ1) is 10.9. The van der Waals surface area contributed by atoms with Crippen LogP contribution >= 0.6 is 11.3 Å². The normalized spacial score (nSPS) is 17.2. The van der Waals surface area contributed by atoms with E-state index in [1.165, 1.54) is 12.1 Å². The quantitative estimate of drug-likeness (QED) is 0.816. The molecule has 1 aromatic carbocycles. The number of carbonyl (C=O) groups excluding carboxylic acids is 1. The molecule has 2 aromatic rings. The molecule has 122 valence electrons. The topological polar surface area (TPSA) is 29.1 Å². The van der Waals surface area contributed by atoms with Crippen molar-refractivity contribution in [3.05, 3.63) is 52.2 Å². The van der Waals surface area contributed by atoms with E-state index < -0.39 is 17.2 Å². The van der Waals surface area contributed by atoms with Gasteiger partial charge in [0, 0.05) is 10.6 Å². The molecule has 0 bridgehead atoms. The van der Waals surface area contributed by atoms with Crippen molar-refractivity contribution in [3.8, 4) is 0 Å². The average Bonchev–Trinajstić information content (AvgIpc) is 3.19. The Hall–Kier alpha value is -1.82. The highest BCUT2D eigenvalue weighted by Crippen LogP contribution is 2.44. The van der Waals surface area contributed by atoms with Gasteiger partial charge < -0.3 is 5.32 Å². The molecule has 1 amide bonds. The van der Waals surface area contributed by atoms with Gasteiger partial charge in [-0.1, -0.05) is 18.9 Å². The maximum atomic E-state index is 12.8. The van der Waals surface area contributed by atoms with Gasteiger partial charge in [-0.2, -0.15) is 13.2 Å². The van der Waals surface area contributed by atoms with Crippen LogP contribution in [0.4, 0.5) is 18.9 Å². The van der Waals surface area contributed by atoms with Crippen LogP contribution in [0.2, 0.25) is 0 Å². The molecule has 1 N–H and O–H groups in total. The maximum absolute atomic E-state index is 12.8. The monoisotopic (exact) mass is 339 g/mol. The molecule has 3 rings (SSSR count). The lowest BCUT2D eigenvalue weighted by atomic mass is 9.83. The van der Waals surface area contributed by atoms with Crippen LogP contribution < -0.4 is 5.32 Å². The molecule has 1 aliphatic carbocycles. The molecular formula is C17H16F3NOS. The smallest absolute Gasteiger partial charge is 0.325 e. The molecule has 0 spiro atoms. The lowest BCUT2D eigenvalue weighted by Gasteiger charge is -2.26. The Bertz CT molecular complexity index is 671. The van der Waals surface area contributed by atoms with Gasteiger partial charge in [0.25, 0.3) is 0 Å². The lowest BCUT2D eigenvalue weighted by molar-refractivity contribution is -0.137. The summed E-state index contributed by atoms with van der Waals surface area (Å²) in [6.07, 6.45) is -0.844. The third kappa shape index (κ3) is 3.13. The highest BCUT2D eigenvalue weighted by molar-refractivity contribution is 7.10. The van der Waals surface area contributed by atoms with Crippen molar-refractivity contribution in [3.63, 3.8) is 0 Å². The second-order valence-electron chi connectivity index (χ2n) is 5.80. The molecule has 6 heteroatoms. The summed E-state index contributed by atoms with van der Waals surface area (Å²) in [6, 6.07) is 8.47. The number of carbonyl (C=O) groups is 1. The zero-order valence-corrected chi connectivity index (χ0v) is 13.1. The second kappa shape index (κ2) is 6.00. The van der Waals surface area contributed by atoms with Crippen LogP contribution in [0.5, 0.6) is 0 Å². The zero-order chi connectivity index (χ0) is 16.5. The highest BCUT2D eigenvalue weighted by atomic mass is 32.1. The average molecular weight is 339 g/mol. The van der Waals surface area contributed by atoms with Crippen molar-refractivity contribution < 1.29 is 18.0 Å². The van der Waals surface area contributed by atoms with E-state index >= 15 is 0 Å². The number of hydrogen-bond donors (Lipinski definition) is 1. The van der Waals surface area contributed by atoms with Crippen molar-refractivity contribution in [2.75, 3.05) is 5.32 Å². The maximum Gasteiger partial charge on any atom is 0.416 e. The van der Waals surface area contributed by atoms with Gasteiger partial charge in [0.2, 0.25) is 5.91 Å². The van der Waals surface area contributed by atoms with Crippen LogP contribution in [0, 0.1) is 0 Å². The predicted octanol–water partition coefficient (Wildman–Crippen LogP) is 5.22. The molecule has 0 atom stereocenters. The standard InChI is InChI=1S/C17H16F3NOS/c18-17(19,20)12-5-7-13(8-6-12)21-15(22)16(9-1-2-10-16)14-4-3-11-23-14/h3-8,11H,1-2,9-10H2,(H,21,22). The summed E-state index contributed by atoms with van der Waals surface area (Å²) in [5.41, 5.74) is -0.869. The van der Waals surface area contributed by atoms with Gasteiger partial charge in [-0.05, 0) is 48.6 Å². The molecule has 0 radical (unpaired) electrons. The van der Waals surface area contributed by atoms with E-state index in [4.69, 9.17) is 0 Å². The molecule has 1 aromatic heterocycles. The summed E-state index contributed by atoms with van der Waals surface area (Å²) in [5.74, 6) is -0.128. The third-order valence-corrected chi connectivity index (χ3v) is 5.43. The molecule has 0 unspecified atom stereocenters. The van der Waals surface area contributed by atoms with Gasteiger partial charge in [0.05, 0.1) is 11.0 Å². The van der Waals surface area contributed by atoms with E-state index in [-0.39, 0.29) is 5.91 Å². The lowest BCUT2D eigenvalue weighted by Crippen LogP contribution is -2.37. The van der Waals surface area contributed by atoms with E-state index in [9.17, 15) is 18.0 Å². The van der Waals surface area contributed by atoms with Crippen LogP contribution in [-0.2, 0) is 16.4 Å². The summed E-state index contributed by atoms with van der Waals surface area (Å²) < 4.78 is 37.8. The van der Waals surface area contributed by atoms with E-state index in [0.29, 0.717) is 5.69 Å². The van der Waals surface area contributed by atoms with Crippen molar-refractivity contribution in [2.24, 2.45) is 0 Å². The van der Waals surface area contributed by atoms with Gasteiger partial charge in [-0.25, -0.2) is 0 Å². The van der Waals surface area contributed by atoms with E-state index in [2.05, 4.69) is 5.32 Å². The third-order valence-electron chi connectivity index (χ3n) is 4.35. The Kier molecular flexibility index (Phi) is 4.19. The first kappa shape index (κ1) is 16.1. The number of thiophene rings is 1. The fraction of sp³-hybridized carbons (Fsp3) is 0.353. The molecule has 1 heterocycles. The van der Waals surface area contributed by atoms with Gasteiger partial charge in [-0.3, -0.25) is 4.79 Å². The number of anilines is 1. The number of alkyl halides is 3. The summed E-state index contributed by atoms with van der Waals surface area (Å²) in [6.45, 7) is 0. The second-order valence-corrected chi connectivity index (χ2v) is 6.74. The molecule has 1 fully saturated rings. The Balaban J connectivity index is 1.80. The van der Waals surface area contributed by atoms with Crippen molar-refractivity contribution >= 4 is 22.9 Å². The molecule has 1 saturated carbocycles. The number of nitrogens with one attached hydrogen (secondary N) is 1. The minimum atomic E-state index is -4.37. The van der Waals surface area contributed by atoms with Gasteiger partial charge in [0.1, 0.15) is 0 Å². The number of amides is 1. The number of rotatable bonds is 3. The van der Waals surface area contributed by atoms with Crippen molar-refractivity contribution in [2.45, 2.75) is 37.3 Å². The fourth-order valence-corrected chi connectivity index (χ4v) is 4.09. The fourth-order valence-electron chi connectivity index (χ4n) is 3.11. The van der Waals surface area contributed by atoms with Gasteiger partial charge in [-0.15, -0.1) is 11.3 Å². The molecular weight excluding hydrogens is 323 g/mol. The largest absolute Gasteiger partial charge is 0.416 e. The Labute approximate surface area is 136 Å².